The van der Waals surface area contributed by atoms with Crippen molar-refractivity contribution in [1.29, 1.82) is 0 Å². The molecule has 0 aliphatic heterocycles. The van der Waals surface area contributed by atoms with Gasteiger partial charge in [-0.15, -0.1) is 11.3 Å². The van der Waals surface area contributed by atoms with E-state index in [1.54, 1.807) is 11.3 Å². The summed E-state index contributed by atoms with van der Waals surface area (Å²) in [6.07, 6.45) is 1.91. The van der Waals surface area contributed by atoms with Crippen molar-refractivity contribution in [3.8, 4) is 0 Å². The minimum Gasteiger partial charge on any atom is -0.395 e. The number of aliphatic hydroxyl groups is 1. The second kappa shape index (κ2) is 5.44. The summed E-state index contributed by atoms with van der Waals surface area (Å²) in [5.41, 5.74) is 0. The fourth-order valence-electron chi connectivity index (χ4n) is 1.01. The van der Waals surface area contributed by atoms with Gasteiger partial charge >= 0.3 is 0 Å². The Balaban J connectivity index is 2.44. The lowest BCUT2D eigenvalue weighted by Crippen LogP contribution is -2.28. The van der Waals surface area contributed by atoms with Gasteiger partial charge in [-0.1, -0.05) is 13.8 Å². The average molecular weight is 214 g/mol. The van der Waals surface area contributed by atoms with Crippen molar-refractivity contribution >= 4 is 11.3 Å². The molecule has 14 heavy (non-hydrogen) atoms. The molecule has 3 nitrogen and oxygen atoms in total. The highest BCUT2D eigenvalue weighted by molar-refractivity contribution is 7.11. The third-order valence-electron chi connectivity index (χ3n) is 1.96. The van der Waals surface area contributed by atoms with Crippen LogP contribution in [-0.2, 0) is 6.54 Å². The first-order valence-electron chi connectivity index (χ1n) is 4.92. The van der Waals surface area contributed by atoms with Crippen molar-refractivity contribution in [2.45, 2.75) is 39.3 Å². The highest BCUT2D eigenvalue weighted by Crippen LogP contribution is 2.20. The van der Waals surface area contributed by atoms with Gasteiger partial charge in [-0.25, -0.2) is 4.98 Å². The van der Waals surface area contributed by atoms with Crippen molar-refractivity contribution in [3.63, 3.8) is 0 Å². The molecule has 1 atom stereocenters. The molecule has 0 amide bonds. The number of nitrogens with one attached hydrogen (secondary N) is 1. The SMILES string of the molecule is CC(C)c1ncc(CN[C@H](C)CO)s1. The maximum Gasteiger partial charge on any atom is 0.0953 e. The fourth-order valence-corrected chi connectivity index (χ4v) is 1.88. The maximum atomic E-state index is 8.83. The van der Waals surface area contributed by atoms with Crippen LogP contribution < -0.4 is 5.32 Å². The molecule has 0 aliphatic carbocycles. The molecule has 1 heterocycles. The van der Waals surface area contributed by atoms with Crippen LogP contribution >= 0.6 is 11.3 Å². The summed E-state index contributed by atoms with van der Waals surface area (Å²) in [7, 11) is 0. The van der Waals surface area contributed by atoms with E-state index >= 15 is 0 Å². The quantitative estimate of drug-likeness (QED) is 0.784. The van der Waals surface area contributed by atoms with Gasteiger partial charge in [0.25, 0.3) is 0 Å². The van der Waals surface area contributed by atoms with Gasteiger partial charge in [0.1, 0.15) is 0 Å². The normalized spacial score (nSPS) is 13.5. The first kappa shape index (κ1) is 11.6. The Bertz CT molecular complexity index is 273. The zero-order valence-electron chi connectivity index (χ0n) is 8.95. The minimum absolute atomic E-state index is 0.152. The van der Waals surface area contributed by atoms with E-state index in [4.69, 9.17) is 5.11 Å². The molecule has 0 aromatic carbocycles. The molecule has 1 aromatic heterocycles. The largest absolute Gasteiger partial charge is 0.395 e. The lowest BCUT2D eigenvalue weighted by Gasteiger charge is -2.08. The van der Waals surface area contributed by atoms with E-state index in [0.717, 1.165) is 6.54 Å². The summed E-state index contributed by atoms with van der Waals surface area (Å²) in [4.78, 5) is 5.57. The molecule has 0 saturated heterocycles. The van der Waals surface area contributed by atoms with Crippen molar-refractivity contribution < 1.29 is 5.11 Å². The van der Waals surface area contributed by atoms with Crippen LogP contribution in [0.15, 0.2) is 6.20 Å². The topological polar surface area (TPSA) is 45.2 Å². The number of rotatable bonds is 5. The van der Waals surface area contributed by atoms with Crippen LogP contribution in [0.25, 0.3) is 0 Å². The smallest absolute Gasteiger partial charge is 0.0953 e. The third kappa shape index (κ3) is 3.36. The summed E-state index contributed by atoms with van der Waals surface area (Å²) in [6, 6.07) is 0.152. The Hall–Kier alpha value is -0.450. The maximum absolute atomic E-state index is 8.83. The molecule has 80 valence electrons. The average Bonchev–Trinajstić information content (AvgIpc) is 2.62. The predicted octanol–water partition coefficient (Wildman–Crippen LogP) is 1.74. The molecule has 0 unspecified atom stereocenters. The molecule has 0 bridgehead atoms. The Morgan fingerprint density at radius 3 is 2.71 bits per heavy atom. The summed E-state index contributed by atoms with van der Waals surface area (Å²) in [5, 5.41) is 13.2. The standard InChI is InChI=1S/C10H18N2OS/c1-7(2)10-12-5-9(14-10)4-11-8(3)6-13/h5,7-8,11,13H,4,6H2,1-3H3/t8-/m1/s1. The van der Waals surface area contributed by atoms with Crippen LogP contribution in [-0.4, -0.2) is 22.7 Å². The molecule has 0 saturated carbocycles. The monoisotopic (exact) mass is 214 g/mol. The zero-order valence-corrected chi connectivity index (χ0v) is 9.77. The lowest BCUT2D eigenvalue weighted by atomic mass is 10.2. The Morgan fingerprint density at radius 1 is 1.50 bits per heavy atom. The van der Waals surface area contributed by atoms with E-state index in [-0.39, 0.29) is 12.6 Å². The number of hydrogen-bond donors (Lipinski definition) is 2. The van der Waals surface area contributed by atoms with Crippen molar-refractivity contribution in [1.82, 2.24) is 10.3 Å². The van der Waals surface area contributed by atoms with Crippen molar-refractivity contribution in [2.24, 2.45) is 0 Å². The fraction of sp³-hybridized carbons (Fsp3) is 0.700. The van der Waals surface area contributed by atoms with Crippen LogP contribution in [0.3, 0.4) is 0 Å². The predicted molar refractivity (Wildman–Crippen MR) is 59.6 cm³/mol. The number of nitrogens with zero attached hydrogens (tertiary/aromatic N) is 1. The second-order valence-electron chi connectivity index (χ2n) is 3.78. The molecule has 2 N–H and O–H groups in total. The molecule has 4 heteroatoms. The first-order valence-corrected chi connectivity index (χ1v) is 5.74. The third-order valence-corrected chi connectivity index (χ3v) is 3.26. The van der Waals surface area contributed by atoms with E-state index in [9.17, 15) is 0 Å². The molecule has 1 aromatic rings. The van der Waals surface area contributed by atoms with Crippen LogP contribution in [0, 0.1) is 0 Å². The van der Waals surface area contributed by atoms with Crippen LogP contribution in [0.2, 0.25) is 0 Å². The van der Waals surface area contributed by atoms with E-state index in [2.05, 4.69) is 24.1 Å². The van der Waals surface area contributed by atoms with Crippen molar-refractivity contribution in [2.75, 3.05) is 6.61 Å². The number of aliphatic hydroxyl groups excluding tert-OH is 1. The summed E-state index contributed by atoms with van der Waals surface area (Å²) in [5.74, 6) is 0.504. The zero-order chi connectivity index (χ0) is 10.6. The molecule has 1 rings (SSSR count). The van der Waals surface area contributed by atoms with Gasteiger partial charge in [-0.3, -0.25) is 0 Å². The Labute approximate surface area is 89.2 Å². The molecule has 0 spiro atoms. The molecular weight excluding hydrogens is 196 g/mol. The van der Waals surface area contributed by atoms with E-state index < -0.39 is 0 Å². The second-order valence-corrected chi connectivity index (χ2v) is 4.93. The number of aromatic nitrogens is 1. The van der Waals surface area contributed by atoms with Crippen LogP contribution in [0.5, 0.6) is 0 Å². The lowest BCUT2D eigenvalue weighted by molar-refractivity contribution is 0.251. The van der Waals surface area contributed by atoms with Gasteiger partial charge in [-0.05, 0) is 6.92 Å². The molecular formula is C10H18N2OS. The Morgan fingerprint density at radius 2 is 2.21 bits per heavy atom. The van der Waals surface area contributed by atoms with Crippen LogP contribution in [0.4, 0.5) is 0 Å². The van der Waals surface area contributed by atoms with Crippen molar-refractivity contribution in [3.05, 3.63) is 16.1 Å². The van der Waals surface area contributed by atoms with Gasteiger partial charge in [0, 0.05) is 29.6 Å². The molecule has 0 radical (unpaired) electrons. The van der Waals surface area contributed by atoms with Crippen LogP contribution in [0.1, 0.15) is 36.6 Å². The highest BCUT2D eigenvalue weighted by atomic mass is 32.1. The number of hydrogen-bond acceptors (Lipinski definition) is 4. The summed E-state index contributed by atoms with van der Waals surface area (Å²) < 4.78 is 0. The minimum atomic E-state index is 0.152. The molecule has 0 aliphatic rings. The summed E-state index contributed by atoms with van der Waals surface area (Å²) in [6.45, 7) is 7.23. The van der Waals surface area contributed by atoms with Gasteiger partial charge in [0.05, 0.1) is 11.6 Å². The number of thiazole rings is 1. The van der Waals surface area contributed by atoms with Gasteiger partial charge < -0.3 is 10.4 Å². The van der Waals surface area contributed by atoms with Gasteiger partial charge in [-0.2, -0.15) is 0 Å². The van der Waals surface area contributed by atoms with E-state index in [1.807, 2.05) is 13.1 Å². The molecule has 0 fully saturated rings. The summed E-state index contributed by atoms with van der Waals surface area (Å²) >= 11 is 1.74. The van der Waals surface area contributed by atoms with Gasteiger partial charge in [0.2, 0.25) is 0 Å². The first-order chi connectivity index (χ1) is 6.63. The van der Waals surface area contributed by atoms with E-state index in [0.29, 0.717) is 5.92 Å². The van der Waals surface area contributed by atoms with E-state index in [1.165, 1.54) is 9.88 Å². The van der Waals surface area contributed by atoms with Gasteiger partial charge in [0.15, 0.2) is 0 Å². The highest BCUT2D eigenvalue weighted by Gasteiger charge is 2.06. The Kier molecular flexibility index (Phi) is 4.51.